The molecule has 8 heteroatoms. The number of hydrazine groups is 2. The standard InChI is InChI=1S/C15H16ClN5O2/c1-23-15-14(10-3-2-4-11(16)5-10)18-12(6-17-15)7-21-8-13(9-22)19-20-21/h2-6,9,13,19-20H,7-8H2,1H3. The molecule has 23 heavy (non-hydrogen) atoms. The van der Waals surface area contributed by atoms with E-state index in [0.29, 0.717) is 29.7 Å². The first-order chi connectivity index (χ1) is 11.2. The molecule has 7 nitrogen and oxygen atoms in total. The van der Waals surface area contributed by atoms with Crippen molar-refractivity contribution in [1.29, 1.82) is 0 Å². The fourth-order valence-corrected chi connectivity index (χ4v) is 2.53. The molecule has 0 spiro atoms. The van der Waals surface area contributed by atoms with Gasteiger partial charge in [0.15, 0.2) is 0 Å². The number of aromatic nitrogens is 2. The Balaban J connectivity index is 1.86. The Bertz CT molecular complexity index is 712. The van der Waals surface area contributed by atoms with Crippen molar-refractivity contribution in [2.45, 2.75) is 12.6 Å². The van der Waals surface area contributed by atoms with E-state index >= 15 is 0 Å². The second-order valence-electron chi connectivity index (χ2n) is 5.11. The predicted molar refractivity (Wildman–Crippen MR) is 85.6 cm³/mol. The van der Waals surface area contributed by atoms with Crippen LogP contribution in [0.3, 0.4) is 0 Å². The lowest BCUT2D eigenvalue weighted by atomic mass is 10.1. The molecule has 3 rings (SSSR count). The Hall–Kier alpha value is -2.06. The van der Waals surface area contributed by atoms with E-state index < -0.39 is 0 Å². The number of carbonyl (C=O) groups is 1. The van der Waals surface area contributed by atoms with E-state index in [-0.39, 0.29) is 6.04 Å². The first-order valence-electron chi connectivity index (χ1n) is 7.07. The van der Waals surface area contributed by atoms with E-state index in [1.165, 1.54) is 0 Å². The molecule has 1 aromatic carbocycles. The third-order valence-corrected chi connectivity index (χ3v) is 3.66. The van der Waals surface area contributed by atoms with Gasteiger partial charge in [0.05, 0.1) is 31.6 Å². The fraction of sp³-hybridized carbons (Fsp3) is 0.267. The number of hydrogen-bond donors (Lipinski definition) is 2. The normalized spacial score (nSPS) is 18.1. The Morgan fingerprint density at radius 2 is 2.39 bits per heavy atom. The summed E-state index contributed by atoms with van der Waals surface area (Å²) in [4.78, 5) is 19.7. The maximum atomic E-state index is 10.8. The summed E-state index contributed by atoms with van der Waals surface area (Å²) in [5.74, 6) is 0.439. The molecule has 1 atom stereocenters. The molecule has 1 saturated heterocycles. The molecule has 0 amide bonds. The summed E-state index contributed by atoms with van der Waals surface area (Å²) in [7, 11) is 1.55. The Labute approximate surface area is 138 Å². The van der Waals surface area contributed by atoms with Gasteiger partial charge in [0.2, 0.25) is 5.88 Å². The number of nitrogens with one attached hydrogen (secondary N) is 2. The minimum atomic E-state index is -0.228. The van der Waals surface area contributed by atoms with Crippen LogP contribution in [0.4, 0.5) is 0 Å². The van der Waals surface area contributed by atoms with Crippen LogP contribution < -0.4 is 15.7 Å². The highest BCUT2D eigenvalue weighted by atomic mass is 35.5. The molecule has 2 N–H and O–H groups in total. The van der Waals surface area contributed by atoms with Gasteiger partial charge in [-0.05, 0) is 12.1 Å². The largest absolute Gasteiger partial charge is 0.479 e. The lowest BCUT2D eigenvalue weighted by Crippen LogP contribution is -2.36. The first kappa shape index (κ1) is 15.8. The van der Waals surface area contributed by atoms with Crippen LogP contribution in [-0.4, -0.2) is 41.0 Å². The zero-order valence-corrected chi connectivity index (χ0v) is 13.2. The highest BCUT2D eigenvalue weighted by molar-refractivity contribution is 6.30. The van der Waals surface area contributed by atoms with E-state index in [2.05, 4.69) is 20.9 Å². The molecule has 120 valence electrons. The van der Waals surface area contributed by atoms with Gasteiger partial charge in [-0.15, -0.1) is 0 Å². The average Bonchev–Trinajstić information content (AvgIpc) is 3.02. The molecule has 1 aromatic heterocycles. The lowest BCUT2D eigenvalue weighted by Gasteiger charge is -2.15. The molecule has 0 radical (unpaired) electrons. The molecular formula is C15H16ClN5O2. The zero-order chi connectivity index (χ0) is 16.2. The molecule has 2 heterocycles. The van der Waals surface area contributed by atoms with Crippen molar-refractivity contribution in [1.82, 2.24) is 25.9 Å². The van der Waals surface area contributed by atoms with Gasteiger partial charge in [0.25, 0.3) is 0 Å². The predicted octanol–water partition coefficient (Wildman–Crippen LogP) is 1.20. The Kier molecular flexibility index (Phi) is 4.82. The third-order valence-electron chi connectivity index (χ3n) is 3.42. The van der Waals surface area contributed by atoms with Gasteiger partial charge < -0.3 is 9.53 Å². The minimum Gasteiger partial charge on any atom is -0.479 e. The monoisotopic (exact) mass is 333 g/mol. The van der Waals surface area contributed by atoms with E-state index in [1.54, 1.807) is 19.4 Å². The van der Waals surface area contributed by atoms with Crippen molar-refractivity contribution in [2.24, 2.45) is 0 Å². The summed E-state index contributed by atoms with van der Waals surface area (Å²) < 4.78 is 5.29. The van der Waals surface area contributed by atoms with E-state index in [4.69, 9.17) is 16.3 Å². The van der Waals surface area contributed by atoms with Gasteiger partial charge >= 0.3 is 0 Å². The quantitative estimate of drug-likeness (QED) is 0.796. The zero-order valence-electron chi connectivity index (χ0n) is 12.5. The van der Waals surface area contributed by atoms with Crippen LogP contribution >= 0.6 is 11.6 Å². The van der Waals surface area contributed by atoms with E-state index in [1.807, 2.05) is 23.2 Å². The SMILES string of the molecule is COc1ncc(CN2CC(C=O)NN2)nc1-c1cccc(Cl)c1. The van der Waals surface area contributed by atoms with Crippen LogP contribution in [0.1, 0.15) is 5.69 Å². The third kappa shape index (κ3) is 3.65. The van der Waals surface area contributed by atoms with Crippen LogP contribution in [0.25, 0.3) is 11.3 Å². The highest BCUT2D eigenvalue weighted by Gasteiger charge is 2.22. The summed E-state index contributed by atoms with van der Waals surface area (Å²) in [6.45, 7) is 1.06. The van der Waals surface area contributed by atoms with Crippen LogP contribution in [0.15, 0.2) is 30.5 Å². The number of benzene rings is 1. The minimum absolute atomic E-state index is 0.228. The van der Waals surface area contributed by atoms with Crippen LogP contribution in [0, 0.1) is 0 Å². The molecule has 0 bridgehead atoms. The summed E-state index contributed by atoms with van der Waals surface area (Å²) in [5.41, 5.74) is 8.02. The second kappa shape index (κ2) is 7.01. The molecule has 1 fully saturated rings. The molecule has 1 aliphatic rings. The van der Waals surface area contributed by atoms with Gasteiger partial charge in [0, 0.05) is 17.1 Å². The molecule has 0 saturated carbocycles. The summed E-state index contributed by atoms with van der Waals surface area (Å²) in [6.07, 6.45) is 2.52. The van der Waals surface area contributed by atoms with Gasteiger partial charge in [-0.1, -0.05) is 23.7 Å². The van der Waals surface area contributed by atoms with Crippen molar-refractivity contribution >= 4 is 17.9 Å². The topological polar surface area (TPSA) is 79.4 Å². The van der Waals surface area contributed by atoms with Crippen LogP contribution in [0.5, 0.6) is 5.88 Å². The molecule has 2 aromatic rings. The van der Waals surface area contributed by atoms with Gasteiger partial charge in [0.1, 0.15) is 12.0 Å². The average molecular weight is 334 g/mol. The lowest BCUT2D eigenvalue weighted by molar-refractivity contribution is -0.109. The van der Waals surface area contributed by atoms with E-state index in [9.17, 15) is 4.79 Å². The van der Waals surface area contributed by atoms with Crippen molar-refractivity contribution in [2.75, 3.05) is 13.7 Å². The number of aldehydes is 1. The van der Waals surface area contributed by atoms with Gasteiger partial charge in [-0.3, -0.25) is 0 Å². The first-order valence-corrected chi connectivity index (χ1v) is 7.44. The number of rotatable bonds is 5. The number of halogens is 1. The van der Waals surface area contributed by atoms with Gasteiger partial charge in [-0.2, -0.15) is 5.53 Å². The van der Waals surface area contributed by atoms with E-state index in [0.717, 1.165) is 17.5 Å². The van der Waals surface area contributed by atoms with Crippen LogP contribution in [-0.2, 0) is 11.3 Å². The van der Waals surface area contributed by atoms with Crippen molar-refractivity contribution < 1.29 is 9.53 Å². The summed E-state index contributed by atoms with van der Waals surface area (Å²) >= 11 is 6.05. The smallest absolute Gasteiger partial charge is 0.240 e. The van der Waals surface area contributed by atoms with Crippen molar-refractivity contribution in [3.63, 3.8) is 0 Å². The van der Waals surface area contributed by atoms with Crippen molar-refractivity contribution in [3.8, 4) is 17.1 Å². The summed E-state index contributed by atoms with van der Waals surface area (Å²) in [5, 5.41) is 2.48. The van der Waals surface area contributed by atoms with Crippen LogP contribution in [0.2, 0.25) is 5.02 Å². The second-order valence-corrected chi connectivity index (χ2v) is 5.55. The maximum absolute atomic E-state index is 10.8. The number of methoxy groups -OCH3 is 1. The van der Waals surface area contributed by atoms with Crippen molar-refractivity contribution in [3.05, 3.63) is 41.2 Å². The molecule has 0 aliphatic carbocycles. The number of nitrogens with zero attached hydrogens (tertiary/aromatic N) is 3. The molecular weight excluding hydrogens is 318 g/mol. The Morgan fingerprint density at radius 1 is 1.52 bits per heavy atom. The molecule has 1 aliphatic heterocycles. The summed E-state index contributed by atoms with van der Waals surface area (Å²) in [6, 6.07) is 7.14. The molecule has 1 unspecified atom stereocenters. The number of carbonyl (C=O) groups excluding carboxylic acids is 1. The number of hydrogen-bond acceptors (Lipinski definition) is 7. The fourth-order valence-electron chi connectivity index (χ4n) is 2.34. The van der Waals surface area contributed by atoms with Gasteiger partial charge in [-0.25, -0.2) is 20.4 Å². The Morgan fingerprint density at radius 3 is 3.09 bits per heavy atom. The highest BCUT2D eigenvalue weighted by Crippen LogP contribution is 2.28. The maximum Gasteiger partial charge on any atom is 0.240 e. The number of ether oxygens (including phenoxy) is 1.